The Morgan fingerprint density at radius 1 is 1.35 bits per heavy atom. The Hall–Kier alpha value is -0.870. The van der Waals surface area contributed by atoms with Gasteiger partial charge in [-0.3, -0.25) is 10.1 Å². The van der Waals surface area contributed by atoms with Crippen LogP contribution >= 0.6 is 11.3 Å². The summed E-state index contributed by atoms with van der Waals surface area (Å²) in [5.41, 5.74) is 0.310. The Morgan fingerprint density at radius 2 is 2.10 bits per heavy atom. The molecule has 110 valence electrons. The number of nitrogens with one attached hydrogen (secondary N) is 1. The van der Waals surface area contributed by atoms with Gasteiger partial charge in [-0.15, -0.1) is 11.3 Å². The minimum absolute atomic E-state index is 0.0972. The third kappa shape index (κ3) is 2.77. The molecule has 1 saturated carbocycles. The normalized spacial score (nSPS) is 26.2. The van der Waals surface area contributed by atoms with Crippen LogP contribution in [0.3, 0.4) is 0 Å². The van der Waals surface area contributed by atoms with Gasteiger partial charge in [0.25, 0.3) is 0 Å². The molecule has 1 aliphatic carbocycles. The number of hydrogen-bond acceptors (Lipinski definition) is 3. The molecule has 20 heavy (non-hydrogen) atoms. The fourth-order valence-corrected chi connectivity index (χ4v) is 4.51. The number of nitrogens with zero attached hydrogens (tertiary/aromatic N) is 1. The van der Waals surface area contributed by atoms with Crippen LogP contribution in [-0.2, 0) is 4.79 Å². The molecule has 1 atom stereocenters. The first-order valence-electron chi connectivity index (χ1n) is 7.67. The van der Waals surface area contributed by atoms with Gasteiger partial charge < -0.3 is 4.90 Å². The van der Waals surface area contributed by atoms with Crippen LogP contribution in [-0.4, -0.2) is 23.9 Å². The van der Waals surface area contributed by atoms with Gasteiger partial charge in [0.2, 0.25) is 5.91 Å². The summed E-state index contributed by atoms with van der Waals surface area (Å²) < 4.78 is 0. The minimum Gasteiger partial charge on any atom is -0.320 e. The predicted octanol–water partition coefficient (Wildman–Crippen LogP) is 3.46. The molecule has 3 rings (SSSR count). The van der Waals surface area contributed by atoms with Gasteiger partial charge in [-0.1, -0.05) is 26.2 Å². The lowest BCUT2D eigenvalue weighted by molar-refractivity contribution is -0.129. The molecule has 1 saturated heterocycles. The van der Waals surface area contributed by atoms with E-state index in [0.29, 0.717) is 12.0 Å². The Bertz CT molecular complexity index is 490. The van der Waals surface area contributed by atoms with E-state index in [9.17, 15) is 4.79 Å². The first-order chi connectivity index (χ1) is 9.57. The monoisotopic (exact) mass is 292 g/mol. The second-order valence-corrected chi connectivity index (χ2v) is 7.94. The van der Waals surface area contributed by atoms with E-state index >= 15 is 0 Å². The van der Waals surface area contributed by atoms with Crippen LogP contribution in [0, 0.1) is 12.3 Å². The number of amides is 1. The van der Waals surface area contributed by atoms with Crippen LogP contribution in [0.2, 0.25) is 0 Å². The van der Waals surface area contributed by atoms with Crippen molar-refractivity contribution in [2.45, 2.75) is 52.1 Å². The van der Waals surface area contributed by atoms with Crippen molar-refractivity contribution >= 4 is 17.2 Å². The lowest BCUT2D eigenvalue weighted by atomic mass is 9.75. The van der Waals surface area contributed by atoms with Gasteiger partial charge in [-0.2, -0.15) is 0 Å². The molecule has 1 aromatic heterocycles. The standard InChI is InChI=1S/C16H24N2OS/c1-12-6-7-13(20-12)15-17-10-14(19)18(15)11-16(2)8-4-3-5-9-16/h6-7,15,17H,3-5,8-11H2,1-2H3. The summed E-state index contributed by atoms with van der Waals surface area (Å²) in [7, 11) is 0. The van der Waals surface area contributed by atoms with Gasteiger partial charge in [0.15, 0.2) is 0 Å². The van der Waals surface area contributed by atoms with Crippen molar-refractivity contribution in [1.29, 1.82) is 0 Å². The highest BCUT2D eigenvalue weighted by molar-refractivity contribution is 7.12. The molecule has 1 amide bonds. The van der Waals surface area contributed by atoms with Crippen LogP contribution in [0.5, 0.6) is 0 Å². The third-order valence-electron chi connectivity index (χ3n) is 4.72. The highest BCUT2D eigenvalue weighted by atomic mass is 32.1. The quantitative estimate of drug-likeness (QED) is 0.925. The van der Waals surface area contributed by atoms with E-state index in [1.165, 1.54) is 41.9 Å². The zero-order valence-electron chi connectivity index (χ0n) is 12.4. The van der Waals surface area contributed by atoms with Gasteiger partial charge in [0, 0.05) is 16.3 Å². The van der Waals surface area contributed by atoms with Crippen LogP contribution in [0.25, 0.3) is 0 Å². The molecule has 1 N–H and O–H groups in total. The Balaban J connectivity index is 1.76. The Morgan fingerprint density at radius 3 is 2.75 bits per heavy atom. The lowest BCUT2D eigenvalue weighted by Gasteiger charge is -2.38. The van der Waals surface area contributed by atoms with E-state index in [1.54, 1.807) is 11.3 Å². The molecule has 0 radical (unpaired) electrons. The molecule has 2 fully saturated rings. The van der Waals surface area contributed by atoms with Crippen molar-refractivity contribution in [2.24, 2.45) is 5.41 Å². The molecule has 0 aromatic carbocycles. The smallest absolute Gasteiger partial charge is 0.238 e. The van der Waals surface area contributed by atoms with Crippen LogP contribution in [0.1, 0.15) is 54.9 Å². The maximum Gasteiger partial charge on any atom is 0.238 e. The predicted molar refractivity (Wildman–Crippen MR) is 82.7 cm³/mol. The van der Waals surface area contributed by atoms with E-state index in [2.05, 4.69) is 36.2 Å². The van der Waals surface area contributed by atoms with E-state index in [-0.39, 0.29) is 12.1 Å². The van der Waals surface area contributed by atoms with Crippen LogP contribution in [0.15, 0.2) is 12.1 Å². The van der Waals surface area contributed by atoms with E-state index in [4.69, 9.17) is 0 Å². The molecule has 1 aliphatic heterocycles. The second kappa shape index (κ2) is 5.49. The maximum atomic E-state index is 12.2. The SMILES string of the molecule is Cc1ccc(C2NCC(=O)N2CC2(C)CCCCC2)s1. The van der Waals surface area contributed by atoms with E-state index in [1.807, 2.05) is 0 Å². The molecule has 2 heterocycles. The summed E-state index contributed by atoms with van der Waals surface area (Å²) in [6.07, 6.45) is 6.60. The minimum atomic E-state index is 0.0972. The summed E-state index contributed by atoms with van der Waals surface area (Å²) in [5.74, 6) is 0.257. The van der Waals surface area contributed by atoms with Crippen LogP contribution < -0.4 is 5.32 Å². The molecule has 2 aliphatic rings. The fourth-order valence-electron chi connectivity index (χ4n) is 3.55. The molecular weight excluding hydrogens is 268 g/mol. The van der Waals surface area contributed by atoms with E-state index < -0.39 is 0 Å². The van der Waals surface area contributed by atoms with Crippen LogP contribution in [0.4, 0.5) is 0 Å². The molecule has 0 bridgehead atoms. The summed E-state index contributed by atoms with van der Waals surface area (Å²) in [5, 5.41) is 3.38. The van der Waals surface area contributed by atoms with Gasteiger partial charge in [-0.25, -0.2) is 0 Å². The summed E-state index contributed by atoms with van der Waals surface area (Å²) in [4.78, 5) is 16.9. The van der Waals surface area contributed by atoms with Gasteiger partial charge >= 0.3 is 0 Å². The Labute approximate surface area is 125 Å². The van der Waals surface area contributed by atoms with Crippen molar-refractivity contribution < 1.29 is 4.79 Å². The lowest BCUT2D eigenvalue weighted by Crippen LogP contribution is -2.40. The third-order valence-corrected chi connectivity index (χ3v) is 5.78. The van der Waals surface area contributed by atoms with Crippen molar-refractivity contribution in [1.82, 2.24) is 10.2 Å². The Kier molecular flexibility index (Phi) is 3.87. The first kappa shape index (κ1) is 14.1. The fraction of sp³-hybridized carbons (Fsp3) is 0.688. The number of aryl methyl sites for hydroxylation is 1. The number of carbonyl (C=O) groups is 1. The molecule has 1 unspecified atom stereocenters. The molecule has 4 heteroatoms. The van der Waals surface area contributed by atoms with Crippen molar-refractivity contribution in [2.75, 3.05) is 13.1 Å². The first-order valence-corrected chi connectivity index (χ1v) is 8.48. The van der Waals surface area contributed by atoms with Crippen molar-refractivity contribution in [3.8, 4) is 0 Å². The van der Waals surface area contributed by atoms with Gasteiger partial charge in [0.1, 0.15) is 6.17 Å². The van der Waals surface area contributed by atoms with E-state index in [0.717, 1.165) is 6.54 Å². The highest BCUT2D eigenvalue weighted by Crippen LogP contribution is 2.39. The summed E-state index contributed by atoms with van der Waals surface area (Å²) in [6.45, 7) is 5.87. The summed E-state index contributed by atoms with van der Waals surface area (Å²) in [6, 6.07) is 4.30. The van der Waals surface area contributed by atoms with Crippen molar-refractivity contribution in [3.63, 3.8) is 0 Å². The topological polar surface area (TPSA) is 32.3 Å². The zero-order chi connectivity index (χ0) is 14.2. The number of rotatable bonds is 3. The molecular formula is C16H24N2OS. The molecule has 3 nitrogen and oxygen atoms in total. The number of carbonyl (C=O) groups excluding carboxylic acids is 1. The van der Waals surface area contributed by atoms with Gasteiger partial charge in [-0.05, 0) is 37.3 Å². The second-order valence-electron chi connectivity index (χ2n) is 6.62. The maximum absolute atomic E-state index is 12.2. The largest absolute Gasteiger partial charge is 0.320 e. The van der Waals surface area contributed by atoms with Gasteiger partial charge in [0.05, 0.1) is 6.54 Å². The average Bonchev–Trinajstić information content (AvgIpc) is 2.98. The molecule has 1 aromatic rings. The number of hydrogen-bond donors (Lipinski definition) is 1. The van der Waals surface area contributed by atoms with Crippen molar-refractivity contribution in [3.05, 3.63) is 21.9 Å². The summed E-state index contributed by atoms with van der Waals surface area (Å²) >= 11 is 1.80. The number of thiophene rings is 1. The zero-order valence-corrected chi connectivity index (χ0v) is 13.3. The average molecular weight is 292 g/mol. The molecule has 0 spiro atoms. The highest BCUT2D eigenvalue weighted by Gasteiger charge is 2.38.